The maximum atomic E-state index is 14.0. The molecule has 1 atom stereocenters. The Kier molecular flexibility index (Phi) is 17.5. The molecule has 2 heterocycles. The number of amides is 4. The monoisotopic (exact) mass is 1020 g/mol. The van der Waals surface area contributed by atoms with E-state index in [2.05, 4.69) is 46.7 Å². The molecule has 2 aromatic heterocycles. The second kappa shape index (κ2) is 25.0. The first-order valence-electron chi connectivity index (χ1n) is 24.5. The number of anilines is 6. The van der Waals surface area contributed by atoms with Gasteiger partial charge in [0.05, 0.1) is 22.5 Å². The Bertz CT molecular complexity index is 3340. The lowest BCUT2D eigenvalue weighted by Gasteiger charge is -2.21. The van der Waals surface area contributed by atoms with Gasteiger partial charge in [0.2, 0.25) is 5.91 Å². The molecule has 9 N–H and O–H groups in total. The summed E-state index contributed by atoms with van der Waals surface area (Å²) in [6, 6.07) is 47.8. The van der Waals surface area contributed by atoms with Crippen LogP contribution >= 0.6 is 0 Å². The van der Waals surface area contributed by atoms with Gasteiger partial charge in [0.15, 0.2) is 17.9 Å². The van der Waals surface area contributed by atoms with E-state index in [-0.39, 0.29) is 28.4 Å². The van der Waals surface area contributed by atoms with Crippen LogP contribution in [0.1, 0.15) is 64.6 Å². The molecule has 18 nitrogen and oxygen atoms in total. The number of carbonyl (C=O) groups excluding carboxylic acids is 4. The largest absolute Gasteiger partial charge is 0.369 e. The molecule has 0 spiro atoms. The van der Waals surface area contributed by atoms with Crippen molar-refractivity contribution in [2.75, 3.05) is 79.2 Å². The van der Waals surface area contributed by atoms with Gasteiger partial charge in [0.25, 0.3) is 17.7 Å². The van der Waals surface area contributed by atoms with E-state index >= 15 is 0 Å². The number of nitrogens with two attached hydrogens (primary N) is 1. The van der Waals surface area contributed by atoms with Crippen LogP contribution in [0.25, 0.3) is 22.8 Å². The zero-order valence-corrected chi connectivity index (χ0v) is 42.5. The smallest absolute Gasteiger partial charge is 0.274 e. The highest BCUT2D eigenvalue weighted by molar-refractivity contribution is 6.12. The summed E-state index contributed by atoms with van der Waals surface area (Å²) < 4.78 is 0. The highest BCUT2D eigenvalue weighted by atomic mass is 16.3. The Hall–Kier alpha value is -9.36. The molecule has 8 aromatic rings. The van der Waals surface area contributed by atoms with Crippen molar-refractivity contribution >= 4 is 58.0 Å². The summed E-state index contributed by atoms with van der Waals surface area (Å²) in [5.41, 5.74) is 11.5. The highest BCUT2D eigenvalue weighted by Gasteiger charge is 2.21. The number of aliphatic hydroxyl groups excluding tert-OH is 1. The fourth-order valence-electron chi connectivity index (χ4n) is 8.03. The number of primary amides is 1. The molecule has 4 amide bonds. The zero-order chi connectivity index (χ0) is 53.6. The van der Waals surface area contributed by atoms with E-state index in [4.69, 9.17) is 20.7 Å². The zero-order valence-electron chi connectivity index (χ0n) is 42.5. The lowest BCUT2D eigenvalue weighted by atomic mass is 10.1. The first-order chi connectivity index (χ1) is 36.7. The quantitative estimate of drug-likeness (QED) is 0.0297. The summed E-state index contributed by atoms with van der Waals surface area (Å²) >= 11 is 0. The number of likely N-dealkylation sites (N-methyl/N-ethyl adjacent to an activating group) is 2. The maximum Gasteiger partial charge on any atom is 0.274 e. The summed E-state index contributed by atoms with van der Waals surface area (Å²) in [6.07, 6.45) is -1.34. The fourth-order valence-corrected chi connectivity index (χ4v) is 8.03. The third kappa shape index (κ3) is 14.4. The van der Waals surface area contributed by atoms with Crippen LogP contribution in [0, 0.1) is 6.92 Å². The molecule has 0 fully saturated rings. The van der Waals surface area contributed by atoms with Gasteiger partial charge in [-0.15, -0.1) is 0 Å². The minimum atomic E-state index is -1.34. The Morgan fingerprint density at radius 2 is 1.16 bits per heavy atom. The van der Waals surface area contributed by atoms with Crippen LogP contribution < -0.4 is 37.6 Å². The number of nitrogens with one attached hydrogen (secondary N) is 6. The van der Waals surface area contributed by atoms with Gasteiger partial charge in [-0.2, -0.15) is 0 Å². The van der Waals surface area contributed by atoms with Crippen molar-refractivity contribution < 1.29 is 24.3 Å². The molecule has 386 valence electrons. The first-order valence-corrected chi connectivity index (χ1v) is 24.5. The summed E-state index contributed by atoms with van der Waals surface area (Å²) in [5, 5.41) is 30.4. The lowest BCUT2D eigenvalue weighted by molar-refractivity contribution is 0.0993. The number of carbonyl (C=O) groups is 4. The van der Waals surface area contributed by atoms with Crippen LogP contribution in [0.15, 0.2) is 164 Å². The van der Waals surface area contributed by atoms with Crippen molar-refractivity contribution in [1.29, 1.82) is 0 Å². The lowest BCUT2D eigenvalue weighted by Crippen LogP contribution is -2.26. The number of rotatable bonds is 22. The molecular formula is C58H59N13O5. The molecule has 0 saturated carbocycles. The fraction of sp³-hybridized carbons (Fsp3) is 0.172. The van der Waals surface area contributed by atoms with E-state index in [1.807, 2.05) is 125 Å². The van der Waals surface area contributed by atoms with Gasteiger partial charge < -0.3 is 52.5 Å². The number of benzene rings is 6. The number of aliphatic hydroxyl groups is 1. The first kappa shape index (κ1) is 52.9. The summed E-state index contributed by atoms with van der Waals surface area (Å²) in [5.74, 6) is -0.404. The van der Waals surface area contributed by atoms with Gasteiger partial charge >= 0.3 is 0 Å². The van der Waals surface area contributed by atoms with Crippen molar-refractivity contribution in [1.82, 2.24) is 29.7 Å². The van der Waals surface area contributed by atoms with Gasteiger partial charge in [0.1, 0.15) is 17.3 Å². The molecule has 1 unspecified atom stereocenters. The van der Waals surface area contributed by atoms with Crippen molar-refractivity contribution in [2.45, 2.75) is 19.7 Å². The SMILES string of the molecule is Cc1cccc(NC(=O)c2ccc(CN(C)CCNc3cc(C(=O)Nc4ccccc4C(=O)Nc4cccc(C(N)=O)c4)nc(-c4ccccc4)n3)cc2NC(O)c2cc(NCCN(C)C)nc(-c3ccccc3)n2)c1. The Morgan fingerprint density at radius 1 is 0.566 bits per heavy atom. The molecule has 0 aliphatic carbocycles. The van der Waals surface area contributed by atoms with Gasteiger partial charge in [0, 0.05) is 78.6 Å². The molecule has 8 rings (SSSR count). The molecule has 0 bridgehead atoms. The molecule has 6 aromatic carbocycles. The molecule has 76 heavy (non-hydrogen) atoms. The van der Waals surface area contributed by atoms with Crippen LogP contribution in [-0.4, -0.2) is 106 Å². The van der Waals surface area contributed by atoms with E-state index in [1.54, 1.807) is 60.7 Å². The number of nitrogens with zero attached hydrogens (tertiary/aromatic N) is 6. The Labute approximate surface area is 440 Å². The van der Waals surface area contributed by atoms with E-state index in [9.17, 15) is 24.3 Å². The third-order valence-electron chi connectivity index (χ3n) is 11.9. The van der Waals surface area contributed by atoms with Crippen LogP contribution in [0.5, 0.6) is 0 Å². The van der Waals surface area contributed by atoms with Crippen LogP contribution in [-0.2, 0) is 6.54 Å². The predicted molar refractivity (Wildman–Crippen MR) is 298 cm³/mol. The topological polar surface area (TPSA) is 245 Å². The van der Waals surface area contributed by atoms with Gasteiger partial charge in [-0.25, -0.2) is 19.9 Å². The number of aromatic nitrogens is 4. The third-order valence-corrected chi connectivity index (χ3v) is 11.9. The molecule has 0 saturated heterocycles. The average molecular weight is 1020 g/mol. The van der Waals surface area contributed by atoms with E-state index < -0.39 is 23.9 Å². The van der Waals surface area contributed by atoms with Crippen molar-refractivity contribution in [2.24, 2.45) is 5.73 Å². The van der Waals surface area contributed by atoms with Crippen molar-refractivity contribution in [3.63, 3.8) is 0 Å². The van der Waals surface area contributed by atoms with Gasteiger partial charge in [-0.3, -0.25) is 19.2 Å². The molecular weight excluding hydrogens is 959 g/mol. The van der Waals surface area contributed by atoms with Crippen LogP contribution in [0.2, 0.25) is 0 Å². The normalized spacial score (nSPS) is 11.4. The standard InChI is InChI=1S/C58H59N13O5/c1-37-15-13-21-42(31-37)62-56(74)45-26-25-38(32-47(45)67-58(76)49-35-50(60-27-29-70(2)3)68-54(65-49)40-18-9-6-10-19-40)36-71(4)30-28-61-51-34-48(64-53(69-51)39-16-7-5-8-17-39)57(75)66-46-24-12-11-23-44(46)55(73)63-43-22-14-20-41(33-43)52(59)72/h5-26,31-35,58,67,76H,27-30,36H2,1-4H3,(H2,59,72)(H,62,74)(H,63,73)(H,66,75)(H,60,65,68)(H,61,64,69). The van der Waals surface area contributed by atoms with E-state index in [0.29, 0.717) is 83.3 Å². The molecule has 0 aliphatic rings. The number of hydrogen-bond donors (Lipinski definition) is 8. The number of hydrogen-bond acceptors (Lipinski definition) is 14. The minimum absolute atomic E-state index is 0.0536. The summed E-state index contributed by atoms with van der Waals surface area (Å²) in [4.78, 5) is 76.3. The predicted octanol–water partition coefficient (Wildman–Crippen LogP) is 8.39. The number of aryl methyl sites for hydroxylation is 1. The van der Waals surface area contributed by atoms with Crippen molar-refractivity contribution in [3.05, 3.63) is 203 Å². The van der Waals surface area contributed by atoms with Crippen LogP contribution in [0.4, 0.5) is 34.4 Å². The second-order valence-corrected chi connectivity index (χ2v) is 18.2. The maximum absolute atomic E-state index is 14.0. The van der Waals surface area contributed by atoms with Crippen molar-refractivity contribution in [3.8, 4) is 22.8 Å². The minimum Gasteiger partial charge on any atom is -0.369 e. The van der Waals surface area contributed by atoms with Crippen LogP contribution in [0.3, 0.4) is 0 Å². The van der Waals surface area contributed by atoms with E-state index in [1.165, 1.54) is 6.07 Å². The van der Waals surface area contributed by atoms with Gasteiger partial charge in [-0.1, -0.05) is 97.1 Å². The second-order valence-electron chi connectivity index (χ2n) is 18.2. The Morgan fingerprint density at radius 3 is 1.82 bits per heavy atom. The summed E-state index contributed by atoms with van der Waals surface area (Å²) in [6.45, 7) is 4.70. The Balaban J connectivity index is 0.990. The van der Waals surface area contributed by atoms with Gasteiger partial charge in [-0.05, 0) is 93.8 Å². The van der Waals surface area contributed by atoms with E-state index in [0.717, 1.165) is 23.2 Å². The molecule has 0 radical (unpaired) electrons. The highest BCUT2D eigenvalue weighted by Crippen LogP contribution is 2.28. The summed E-state index contributed by atoms with van der Waals surface area (Å²) in [7, 11) is 5.93. The average Bonchev–Trinajstić information content (AvgIpc) is 3.42. The molecule has 18 heteroatoms. The molecule has 0 aliphatic heterocycles. The number of para-hydroxylation sites is 1.